The largest absolute Gasteiger partial charge is 0.496 e. The van der Waals surface area contributed by atoms with Crippen LogP contribution in [0.2, 0.25) is 0 Å². The SMILES string of the molecule is COc1ccc(NC(=O)COC(=O)c2cn(C)c3ccccc23)c([N+](=O)[O-])c1. The molecule has 1 N–H and O–H groups in total. The molecule has 0 saturated heterocycles. The molecule has 1 aromatic heterocycles. The van der Waals surface area contributed by atoms with E-state index in [0.717, 1.165) is 5.52 Å². The van der Waals surface area contributed by atoms with Gasteiger partial charge in [0.05, 0.1) is 23.7 Å². The van der Waals surface area contributed by atoms with E-state index >= 15 is 0 Å². The Bertz CT molecular complexity index is 1070. The van der Waals surface area contributed by atoms with E-state index in [9.17, 15) is 19.7 Å². The zero-order valence-corrected chi connectivity index (χ0v) is 15.2. The molecule has 0 bridgehead atoms. The van der Waals surface area contributed by atoms with Crippen LogP contribution in [-0.4, -0.2) is 35.1 Å². The van der Waals surface area contributed by atoms with Crippen molar-refractivity contribution in [3.8, 4) is 5.75 Å². The fourth-order valence-corrected chi connectivity index (χ4v) is 2.79. The molecular weight excluding hydrogens is 366 g/mol. The number of esters is 1. The molecule has 0 atom stereocenters. The number of nitro benzene ring substituents is 1. The van der Waals surface area contributed by atoms with Crippen LogP contribution in [0.4, 0.5) is 11.4 Å². The molecule has 0 spiro atoms. The highest BCUT2D eigenvalue weighted by atomic mass is 16.6. The van der Waals surface area contributed by atoms with Gasteiger partial charge in [0.1, 0.15) is 11.4 Å². The standard InChI is InChI=1S/C19H17N3O6/c1-21-10-14(13-5-3-4-6-16(13)21)19(24)28-11-18(23)20-15-8-7-12(27-2)9-17(15)22(25)26/h3-10H,11H2,1-2H3,(H,20,23). The Morgan fingerprint density at radius 1 is 1.21 bits per heavy atom. The Morgan fingerprint density at radius 3 is 2.68 bits per heavy atom. The number of amides is 1. The number of carbonyl (C=O) groups is 2. The number of fused-ring (bicyclic) bond motifs is 1. The lowest BCUT2D eigenvalue weighted by atomic mass is 10.2. The quantitative estimate of drug-likeness (QED) is 0.398. The predicted octanol–water partition coefficient (Wildman–Crippen LogP) is 2.89. The first kappa shape index (κ1) is 18.9. The molecule has 9 nitrogen and oxygen atoms in total. The van der Waals surface area contributed by atoms with E-state index in [0.29, 0.717) is 10.9 Å². The third kappa shape index (κ3) is 3.78. The first-order chi connectivity index (χ1) is 13.4. The van der Waals surface area contributed by atoms with Crippen molar-refractivity contribution in [2.75, 3.05) is 19.0 Å². The number of rotatable bonds is 6. The number of aryl methyl sites for hydroxylation is 1. The molecule has 3 rings (SSSR count). The minimum Gasteiger partial charge on any atom is -0.496 e. The summed E-state index contributed by atoms with van der Waals surface area (Å²) in [4.78, 5) is 35.0. The van der Waals surface area contributed by atoms with Crippen LogP contribution in [0.5, 0.6) is 5.75 Å². The topological polar surface area (TPSA) is 113 Å². The van der Waals surface area contributed by atoms with Crippen molar-refractivity contribution in [2.24, 2.45) is 7.05 Å². The van der Waals surface area contributed by atoms with E-state index in [1.165, 1.54) is 25.3 Å². The summed E-state index contributed by atoms with van der Waals surface area (Å²) in [6.07, 6.45) is 1.62. The van der Waals surface area contributed by atoms with Gasteiger partial charge in [-0.05, 0) is 18.2 Å². The molecule has 0 aliphatic carbocycles. The monoisotopic (exact) mass is 383 g/mol. The van der Waals surface area contributed by atoms with E-state index in [4.69, 9.17) is 9.47 Å². The van der Waals surface area contributed by atoms with Crippen LogP contribution < -0.4 is 10.1 Å². The molecule has 0 saturated carbocycles. The second-order valence-electron chi connectivity index (χ2n) is 5.94. The number of anilines is 1. The molecule has 28 heavy (non-hydrogen) atoms. The number of ether oxygens (including phenoxy) is 2. The summed E-state index contributed by atoms with van der Waals surface area (Å²) < 4.78 is 11.8. The fourth-order valence-electron chi connectivity index (χ4n) is 2.79. The molecule has 1 heterocycles. The van der Waals surface area contributed by atoms with Crippen LogP contribution in [0.15, 0.2) is 48.7 Å². The number of aromatic nitrogens is 1. The summed E-state index contributed by atoms with van der Waals surface area (Å²) in [7, 11) is 3.18. The van der Waals surface area contributed by atoms with Gasteiger partial charge in [0, 0.05) is 24.1 Å². The lowest BCUT2D eigenvalue weighted by Gasteiger charge is -2.08. The van der Waals surface area contributed by atoms with Crippen molar-refractivity contribution in [3.05, 3.63) is 64.3 Å². The van der Waals surface area contributed by atoms with Crippen LogP contribution in [0.3, 0.4) is 0 Å². The minimum atomic E-state index is -0.693. The molecule has 3 aromatic rings. The number of hydrogen-bond donors (Lipinski definition) is 1. The summed E-state index contributed by atoms with van der Waals surface area (Å²) in [5, 5.41) is 14.2. The number of para-hydroxylation sites is 1. The smallest absolute Gasteiger partial charge is 0.340 e. The zero-order valence-electron chi connectivity index (χ0n) is 15.2. The number of benzene rings is 2. The highest BCUT2D eigenvalue weighted by Gasteiger charge is 2.19. The van der Waals surface area contributed by atoms with Gasteiger partial charge >= 0.3 is 5.97 Å². The van der Waals surface area contributed by atoms with Gasteiger partial charge in [-0.3, -0.25) is 14.9 Å². The Hall–Kier alpha value is -3.88. The van der Waals surface area contributed by atoms with Crippen molar-refractivity contribution < 1.29 is 24.0 Å². The number of nitrogens with one attached hydrogen (secondary N) is 1. The Labute approximate surface area is 159 Å². The average Bonchev–Trinajstić information content (AvgIpc) is 3.03. The van der Waals surface area contributed by atoms with Gasteiger partial charge in [0.2, 0.25) is 0 Å². The van der Waals surface area contributed by atoms with Crippen LogP contribution in [0.1, 0.15) is 10.4 Å². The van der Waals surface area contributed by atoms with E-state index in [-0.39, 0.29) is 17.1 Å². The van der Waals surface area contributed by atoms with Crippen LogP contribution in [0.25, 0.3) is 10.9 Å². The van der Waals surface area contributed by atoms with Crippen molar-refractivity contribution in [1.82, 2.24) is 4.57 Å². The third-order valence-electron chi connectivity index (χ3n) is 4.13. The number of carbonyl (C=O) groups excluding carboxylic acids is 2. The highest BCUT2D eigenvalue weighted by molar-refractivity contribution is 6.05. The molecule has 2 aromatic carbocycles. The van der Waals surface area contributed by atoms with Gasteiger partial charge in [0.25, 0.3) is 11.6 Å². The number of methoxy groups -OCH3 is 1. The van der Waals surface area contributed by atoms with Gasteiger partial charge in [-0.25, -0.2) is 4.79 Å². The van der Waals surface area contributed by atoms with Gasteiger partial charge in [-0.15, -0.1) is 0 Å². The molecule has 144 valence electrons. The lowest BCUT2D eigenvalue weighted by Crippen LogP contribution is -2.21. The summed E-state index contributed by atoms with van der Waals surface area (Å²) in [6, 6.07) is 11.3. The molecule has 0 unspecified atom stereocenters. The maximum absolute atomic E-state index is 12.3. The van der Waals surface area contributed by atoms with E-state index in [1.54, 1.807) is 29.9 Å². The van der Waals surface area contributed by atoms with Gasteiger partial charge < -0.3 is 19.4 Å². The van der Waals surface area contributed by atoms with Crippen molar-refractivity contribution in [1.29, 1.82) is 0 Å². The first-order valence-electron chi connectivity index (χ1n) is 8.24. The second kappa shape index (κ2) is 7.78. The minimum absolute atomic E-state index is 0.0167. The van der Waals surface area contributed by atoms with Gasteiger partial charge in [0.15, 0.2) is 6.61 Å². The zero-order chi connectivity index (χ0) is 20.3. The molecule has 0 aliphatic rings. The summed E-state index contributed by atoms with van der Waals surface area (Å²) in [5.41, 5.74) is 0.846. The Balaban J connectivity index is 1.69. The summed E-state index contributed by atoms with van der Waals surface area (Å²) in [5.74, 6) is -1.06. The molecule has 1 amide bonds. The van der Waals surface area contributed by atoms with E-state index in [2.05, 4.69) is 5.32 Å². The predicted molar refractivity (Wildman–Crippen MR) is 101 cm³/mol. The number of hydrogen-bond acceptors (Lipinski definition) is 6. The lowest BCUT2D eigenvalue weighted by molar-refractivity contribution is -0.384. The van der Waals surface area contributed by atoms with Crippen molar-refractivity contribution >= 4 is 34.2 Å². The van der Waals surface area contributed by atoms with Crippen LogP contribution in [-0.2, 0) is 16.6 Å². The first-order valence-corrected chi connectivity index (χ1v) is 8.24. The van der Waals surface area contributed by atoms with Gasteiger partial charge in [-0.1, -0.05) is 18.2 Å². The average molecular weight is 383 g/mol. The molecular formula is C19H17N3O6. The van der Waals surface area contributed by atoms with Crippen molar-refractivity contribution in [2.45, 2.75) is 0 Å². The normalized spacial score (nSPS) is 10.5. The van der Waals surface area contributed by atoms with Crippen molar-refractivity contribution in [3.63, 3.8) is 0 Å². The van der Waals surface area contributed by atoms with E-state index < -0.39 is 23.4 Å². The molecule has 0 aliphatic heterocycles. The highest BCUT2D eigenvalue weighted by Crippen LogP contribution is 2.29. The molecule has 0 radical (unpaired) electrons. The maximum Gasteiger partial charge on any atom is 0.340 e. The summed E-state index contributed by atoms with van der Waals surface area (Å²) in [6.45, 7) is -0.578. The maximum atomic E-state index is 12.3. The van der Waals surface area contributed by atoms with Crippen LogP contribution >= 0.6 is 0 Å². The second-order valence-corrected chi connectivity index (χ2v) is 5.94. The molecule has 0 fully saturated rings. The number of nitrogens with zero attached hydrogens (tertiary/aromatic N) is 2. The fraction of sp³-hybridized carbons (Fsp3) is 0.158. The Morgan fingerprint density at radius 2 is 1.96 bits per heavy atom. The summed E-state index contributed by atoms with van der Waals surface area (Å²) >= 11 is 0. The number of nitro groups is 1. The van der Waals surface area contributed by atoms with E-state index in [1.807, 2.05) is 12.1 Å². The molecule has 9 heteroatoms. The van der Waals surface area contributed by atoms with Gasteiger partial charge in [-0.2, -0.15) is 0 Å². The van der Waals surface area contributed by atoms with Crippen LogP contribution in [0, 0.1) is 10.1 Å². The third-order valence-corrected chi connectivity index (χ3v) is 4.13. The Kier molecular flexibility index (Phi) is 5.25.